The number of carbonyl (C=O) groups is 1. The number of rotatable bonds is 6. The van der Waals surface area contributed by atoms with Crippen LogP contribution in [0.5, 0.6) is 0 Å². The summed E-state index contributed by atoms with van der Waals surface area (Å²) in [6, 6.07) is 18.9. The fourth-order valence-corrected chi connectivity index (χ4v) is 5.41. The maximum atomic E-state index is 13.3. The van der Waals surface area contributed by atoms with Crippen molar-refractivity contribution in [3.63, 3.8) is 0 Å². The number of hydrogen-bond donors (Lipinski definition) is 2. The molecule has 1 aliphatic heterocycles. The van der Waals surface area contributed by atoms with Gasteiger partial charge in [-0.1, -0.05) is 24.3 Å². The molecule has 0 spiro atoms. The average Bonchev–Trinajstić information content (AvgIpc) is 2.82. The zero-order chi connectivity index (χ0) is 24.6. The number of amides is 1. The Hall–Kier alpha value is -3.89. The maximum absolute atomic E-state index is 13.3. The first-order valence-corrected chi connectivity index (χ1v) is 12.3. The fourth-order valence-electron chi connectivity index (χ4n) is 4.17. The van der Waals surface area contributed by atoms with Crippen LogP contribution in [0.25, 0.3) is 10.9 Å². The number of nitrogens with zero attached hydrogens (tertiary/aromatic N) is 3. The van der Waals surface area contributed by atoms with E-state index in [2.05, 4.69) is 14.7 Å². The molecule has 8 nitrogen and oxygen atoms in total. The third-order valence-corrected chi connectivity index (χ3v) is 7.22. The number of aromatic nitrogens is 2. The predicted octanol–water partition coefficient (Wildman–Crippen LogP) is 3.00. The third-order valence-electron chi connectivity index (χ3n) is 5.81. The first-order chi connectivity index (χ1) is 16.7. The summed E-state index contributed by atoms with van der Waals surface area (Å²) in [6.07, 6.45) is 1.67. The Morgan fingerprint density at radius 2 is 1.74 bits per heavy atom. The van der Waals surface area contributed by atoms with Gasteiger partial charge in [-0.05, 0) is 48.5 Å². The van der Waals surface area contributed by atoms with Gasteiger partial charge in [-0.15, -0.1) is 0 Å². The smallest absolute Gasteiger partial charge is 0.264 e. The number of nitrogens with one attached hydrogen (secondary N) is 1. The highest BCUT2D eigenvalue weighted by Gasteiger charge is 2.44. The number of para-hydroxylation sites is 1. The van der Waals surface area contributed by atoms with E-state index < -0.39 is 21.6 Å². The van der Waals surface area contributed by atoms with E-state index in [0.29, 0.717) is 27.8 Å². The summed E-state index contributed by atoms with van der Waals surface area (Å²) < 4.78 is 41.7. The van der Waals surface area contributed by atoms with E-state index in [-0.39, 0.29) is 30.3 Å². The molecular weight excluding hydrogens is 471 g/mol. The van der Waals surface area contributed by atoms with Crippen LogP contribution in [0.2, 0.25) is 0 Å². The number of aliphatic hydroxyl groups is 1. The molecule has 0 saturated carbocycles. The first kappa shape index (κ1) is 22.9. The SMILES string of the molecule is O=C(c1ccc(NS(=O)(=O)c2cccc3cccnc23)cc1)N1CC(O)(Cc2cccc(F)n2)C1. The first-order valence-electron chi connectivity index (χ1n) is 10.8. The van der Waals surface area contributed by atoms with Crippen LogP contribution in [-0.4, -0.2) is 53.0 Å². The quantitative estimate of drug-likeness (QED) is 0.400. The predicted molar refractivity (Wildman–Crippen MR) is 128 cm³/mol. The number of pyridine rings is 2. The van der Waals surface area contributed by atoms with Gasteiger partial charge in [0, 0.05) is 34.9 Å². The zero-order valence-corrected chi connectivity index (χ0v) is 19.2. The van der Waals surface area contributed by atoms with Crippen molar-refractivity contribution in [2.24, 2.45) is 0 Å². The summed E-state index contributed by atoms with van der Waals surface area (Å²) in [6.45, 7) is 0.180. The number of hydrogen-bond acceptors (Lipinski definition) is 6. The summed E-state index contributed by atoms with van der Waals surface area (Å²) in [5.41, 5.74) is 0.265. The molecule has 5 rings (SSSR count). The lowest BCUT2D eigenvalue weighted by molar-refractivity contribution is -0.0805. The van der Waals surface area contributed by atoms with E-state index in [1.807, 2.05) is 0 Å². The molecule has 3 heterocycles. The van der Waals surface area contributed by atoms with E-state index in [0.717, 1.165) is 0 Å². The molecule has 1 amide bonds. The molecular formula is C25H21FN4O4S. The lowest BCUT2D eigenvalue weighted by Gasteiger charge is -2.46. The number of anilines is 1. The fraction of sp³-hybridized carbons (Fsp3) is 0.160. The highest BCUT2D eigenvalue weighted by Crippen LogP contribution is 2.27. The number of carbonyl (C=O) groups excluding carboxylic acids is 1. The normalized spacial score (nSPS) is 15.0. The van der Waals surface area contributed by atoms with Gasteiger partial charge in [0.2, 0.25) is 5.95 Å². The van der Waals surface area contributed by atoms with Gasteiger partial charge < -0.3 is 10.0 Å². The Morgan fingerprint density at radius 3 is 2.49 bits per heavy atom. The third kappa shape index (κ3) is 4.71. The number of benzene rings is 2. The van der Waals surface area contributed by atoms with Crippen LogP contribution in [0.15, 0.2) is 83.9 Å². The molecule has 10 heteroatoms. The second-order valence-corrected chi connectivity index (χ2v) is 10.2. The zero-order valence-electron chi connectivity index (χ0n) is 18.4. The van der Waals surface area contributed by atoms with E-state index >= 15 is 0 Å². The minimum Gasteiger partial charge on any atom is -0.386 e. The van der Waals surface area contributed by atoms with E-state index in [9.17, 15) is 22.7 Å². The van der Waals surface area contributed by atoms with Crippen molar-refractivity contribution in [1.82, 2.24) is 14.9 Å². The number of halogens is 1. The monoisotopic (exact) mass is 492 g/mol. The van der Waals surface area contributed by atoms with E-state index in [1.54, 1.807) is 30.3 Å². The highest BCUT2D eigenvalue weighted by atomic mass is 32.2. The van der Waals surface area contributed by atoms with E-state index in [1.165, 1.54) is 53.6 Å². The molecule has 0 radical (unpaired) electrons. The van der Waals surface area contributed by atoms with Crippen molar-refractivity contribution in [1.29, 1.82) is 0 Å². The number of sulfonamides is 1. The second-order valence-electron chi connectivity index (χ2n) is 8.53. The molecule has 178 valence electrons. The molecule has 1 aliphatic rings. The topological polar surface area (TPSA) is 112 Å². The average molecular weight is 493 g/mol. The summed E-state index contributed by atoms with van der Waals surface area (Å²) in [5, 5.41) is 11.3. The van der Waals surface area contributed by atoms with Gasteiger partial charge in [0.05, 0.1) is 18.6 Å². The molecule has 0 aliphatic carbocycles. The molecule has 35 heavy (non-hydrogen) atoms. The van der Waals surface area contributed by atoms with Gasteiger partial charge in [0.25, 0.3) is 15.9 Å². The standard InChI is InChI=1S/C25H21FN4O4S/c26-22-8-2-6-20(28-22)14-25(32)15-30(16-25)24(31)18-9-11-19(12-10-18)29-35(33,34)21-7-1-4-17-5-3-13-27-23(17)21/h1-13,29,32H,14-16H2. The molecule has 0 unspecified atom stereocenters. The second kappa shape index (κ2) is 8.71. The van der Waals surface area contributed by atoms with Gasteiger partial charge >= 0.3 is 0 Å². The summed E-state index contributed by atoms with van der Waals surface area (Å²) in [7, 11) is -3.90. The Balaban J connectivity index is 1.25. The molecule has 2 aromatic carbocycles. The summed E-state index contributed by atoms with van der Waals surface area (Å²) >= 11 is 0. The van der Waals surface area contributed by atoms with E-state index in [4.69, 9.17) is 0 Å². The Morgan fingerprint density at radius 1 is 1.03 bits per heavy atom. The Bertz CT molecular complexity index is 1520. The van der Waals surface area contributed by atoms with Crippen molar-refractivity contribution in [2.45, 2.75) is 16.9 Å². The maximum Gasteiger partial charge on any atom is 0.264 e. The molecule has 4 aromatic rings. The molecule has 2 N–H and O–H groups in total. The lowest BCUT2D eigenvalue weighted by atomic mass is 9.88. The summed E-state index contributed by atoms with van der Waals surface area (Å²) in [5.74, 6) is -0.916. The van der Waals surface area contributed by atoms with Gasteiger partial charge in [0.15, 0.2) is 0 Å². The number of likely N-dealkylation sites (tertiary alicyclic amines) is 1. The van der Waals surface area contributed by atoms with Gasteiger partial charge in [0.1, 0.15) is 10.5 Å². The van der Waals surface area contributed by atoms with Crippen molar-refractivity contribution in [3.05, 3.63) is 96.2 Å². The van der Waals surface area contributed by atoms with Gasteiger partial charge in [-0.2, -0.15) is 4.39 Å². The van der Waals surface area contributed by atoms with Crippen molar-refractivity contribution in [3.8, 4) is 0 Å². The molecule has 1 saturated heterocycles. The van der Waals surface area contributed by atoms with Crippen LogP contribution in [-0.2, 0) is 16.4 Å². The minimum atomic E-state index is -3.90. The van der Waals surface area contributed by atoms with Crippen LogP contribution < -0.4 is 4.72 Å². The minimum absolute atomic E-state index is 0.0587. The molecule has 0 atom stereocenters. The van der Waals surface area contributed by atoms with Gasteiger partial charge in [-0.25, -0.2) is 13.4 Å². The Labute approximate surface area is 201 Å². The van der Waals surface area contributed by atoms with Gasteiger partial charge in [-0.3, -0.25) is 14.5 Å². The van der Waals surface area contributed by atoms with Crippen LogP contribution in [0.4, 0.5) is 10.1 Å². The lowest BCUT2D eigenvalue weighted by Crippen LogP contribution is -2.64. The van der Waals surface area contributed by atoms with Crippen molar-refractivity contribution >= 4 is 32.5 Å². The number of fused-ring (bicyclic) bond motifs is 1. The summed E-state index contributed by atoms with van der Waals surface area (Å²) in [4.78, 5) is 22.3. The number of β-amino-alcohol motifs (C(OH)–C–C–N with tert-alkyl or cyclic N) is 1. The van der Waals surface area contributed by atoms with Crippen LogP contribution >= 0.6 is 0 Å². The molecule has 2 aromatic heterocycles. The van der Waals surface area contributed by atoms with Crippen LogP contribution in [0, 0.1) is 5.95 Å². The van der Waals surface area contributed by atoms with Crippen LogP contribution in [0.1, 0.15) is 16.1 Å². The highest BCUT2D eigenvalue weighted by molar-refractivity contribution is 7.93. The van der Waals surface area contributed by atoms with Crippen molar-refractivity contribution < 1.29 is 22.7 Å². The largest absolute Gasteiger partial charge is 0.386 e. The molecule has 1 fully saturated rings. The Kier molecular flexibility index (Phi) is 5.70. The van der Waals surface area contributed by atoms with Crippen LogP contribution in [0.3, 0.4) is 0 Å². The van der Waals surface area contributed by atoms with Crippen molar-refractivity contribution in [2.75, 3.05) is 17.8 Å². The molecule has 0 bridgehead atoms.